The van der Waals surface area contributed by atoms with Crippen LogP contribution < -0.4 is 10.1 Å². The highest BCUT2D eigenvalue weighted by atomic mass is 16.5. The number of ether oxygens (including phenoxy) is 1. The van der Waals surface area contributed by atoms with Crippen LogP contribution in [0, 0.1) is 0 Å². The van der Waals surface area contributed by atoms with Gasteiger partial charge in [-0.25, -0.2) is 4.98 Å². The number of aromatic nitrogens is 1. The zero-order valence-corrected chi connectivity index (χ0v) is 12.4. The Labute approximate surface area is 121 Å². The second-order valence-electron chi connectivity index (χ2n) is 6.18. The molecule has 3 rings (SSSR count). The van der Waals surface area contributed by atoms with Gasteiger partial charge in [-0.3, -0.25) is 4.90 Å². The van der Waals surface area contributed by atoms with E-state index in [4.69, 9.17) is 4.74 Å². The average molecular weight is 275 g/mol. The maximum atomic E-state index is 5.21. The van der Waals surface area contributed by atoms with Crippen molar-refractivity contribution in [1.82, 2.24) is 15.2 Å². The van der Waals surface area contributed by atoms with E-state index in [2.05, 4.69) is 27.3 Å². The molecule has 1 saturated heterocycles. The second kappa shape index (κ2) is 6.10. The van der Waals surface area contributed by atoms with Gasteiger partial charge in [-0.05, 0) is 24.5 Å². The molecular weight excluding hydrogens is 250 g/mol. The van der Waals surface area contributed by atoms with Crippen LogP contribution in [0.4, 0.5) is 0 Å². The highest BCUT2D eigenvalue weighted by Crippen LogP contribution is 2.31. The van der Waals surface area contributed by atoms with Gasteiger partial charge in [0.15, 0.2) is 0 Å². The Hall–Kier alpha value is -1.13. The minimum atomic E-state index is 0.383. The lowest BCUT2D eigenvalue weighted by atomic mass is 9.80. The van der Waals surface area contributed by atoms with Crippen LogP contribution in [0.1, 0.15) is 37.7 Å². The highest BCUT2D eigenvalue weighted by molar-refractivity contribution is 5.20. The van der Waals surface area contributed by atoms with Gasteiger partial charge in [0, 0.05) is 44.0 Å². The fourth-order valence-corrected chi connectivity index (χ4v) is 3.66. The molecule has 1 aromatic heterocycles. The van der Waals surface area contributed by atoms with E-state index in [1.165, 1.54) is 44.2 Å². The predicted octanol–water partition coefficient (Wildman–Crippen LogP) is 2.20. The zero-order chi connectivity index (χ0) is 13.8. The molecule has 4 nitrogen and oxygen atoms in total. The van der Waals surface area contributed by atoms with Gasteiger partial charge in [0.1, 0.15) is 0 Å². The van der Waals surface area contributed by atoms with Crippen LogP contribution in [-0.2, 0) is 6.54 Å². The van der Waals surface area contributed by atoms with Gasteiger partial charge in [0.25, 0.3) is 0 Å². The van der Waals surface area contributed by atoms with Crippen molar-refractivity contribution in [3.63, 3.8) is 0 Å². The summed E-state index contributed by atoms with van der Waals surface area (Å²) in [5.74, 6) is 0.713. The van der Waals surface area contributed by atoms with Crippen LogP contribution in [0.5, 0.6) is 5.88 Å². The Morgan fingerprint density at radius 2 is 2.20 bits per heavy atom. The summed E-state index contributed by atoms with van der Waals surface area (Å²) in [6.07, 6.45) is 8.68. The first-order chi connectivity index (χ1) is 9.80. The van der Waals surface area contributed by atoms with Crippen LogP contribution in [0.2, 0.25) is 0 Å². The quantitative estimate of drug-likeness (QED) is 0.917. The summed E-state index contributed by atoms with van der Waals surface area (Å²) in [5, 5.41) is 3.79. The zero-order valence-electron chi connectivity index (χ0n) is 12.4. The van der Waals surface area contributed by atoms with Crippen LogP contribution in [-0.4, -0.2) is 42.2 Å². The van der Waals surface area contributed by atoms with Gasteiger partial charge < -0.3 is 10.1 Å². The number of hydrogen-bond acceptors (Lipinski definition) is 4. The SMILES string of the molecule is COc1cc(CN2CCNC3(CCCCC3)C2)ccn1. The van der Waals surface area contributed by atoms with Crippen molar-refractivity contribution in [2.75, 3.05) is 26.7 Å². The Morgan fingerprint density at radius 1 is 1.35 bits per heavy atom. The molecular formula is C16H25N3O. The molecule has 4 heteroatoms. The first kappa shape index (κ1) is 13.8. The standard InChI is InChI=1S/C16H25N3O/c1-20-15-11-14(5-8-17-15)12-19-10-9-18-16(13-19)6-3-2-4-7-16/h5,8,11,18H,2-4,6-7,9-10,12-13H2,1H3. The third kappa shape index (κ3) is 3.13. The lowest BCUT2D eigenvalue weighted by molar-refractivity contribution is 0.0944. The molecule has 0 amide bonds. The molecule has 1 N–H and O–H groups in total. The first-order valence-corrected chi connectivity index (χ1v) is 7.76. The van der Waals surface area contributed by atoms with Gasteiger partial charge in [-0.15, -0.1) is 0 Å². The maximum Gasteiger partial charge on any atom is 0.213 e. The summed E-state index contributed by atoms with van der Waals surface area (Å²) >= 11 is 0. The Kier molecular flexibility index (Phi) is 4.22. The number of hydrogen-bond donors (Lipinski definition) is 1. The van der Waals surface area contributed by atoms with E-state index >= 15 is 0 Å². The molecule has 0 aromatic carbocycles. The average Bonchev–Trinajstić information content (AvgIpc) is 2.48. The number of nitrogens with one attached hydrogen (secondary N) is 1. The molecule has 2 heterocycles. The van der Waals surface area contributed by atoms with Crippen molar-refractivity contribution in [2.45, 2.75) is 44.2 Å². The molecule has 0 radical (unpaired) electrons. The smallest absolute Gasteiger partial charge is 0.213 e. The molecule has 2 fully saturated rings. The normalized spacial score (nSPS) is 22.9. The number of pyridine rings is 1. The fraction of sp³-hybridized carbons (Fsp3) is 0.688. The summed E-state index contributed by atoms with van der Waals surface area (Å²) < 4.78 is 5.21. The summed E-state index contributed by atoms with van der Waals surface area (Å²) in [6, 6.07) is 4.15. The van der Waals surface area contributed by atoms with Crippen molar-refractivity contribution in [3.8, 4) is 5.88 Å². The van der Waals surface area contributed by atoms with E-state index in [9.17, 15) is 0 Å². The summed E-state index contributed by atoms with van der Waals surface area (Å²) in [5.41, 5.74) is 1.68. The predicted molar refractivity (Wildman–Crippen MR) is 79.9 cm³/mol. The van der Waals surface area contributed by atoms with Gasteiger partial charge in [-0.1, -0.05) is 19.3 Å². The van der Waals surface area contributed by atoms with Crippen molar-refractivity contribution >= 4 is 0 Å². The summed E-state index contributed by atoms with van der Waals surface area (Å²) in [7, 11) is 1.67. The van der Waals surface area contributed by atoms with Crippen LogP contribution in [0.15, 0.2) is 18.3 Å². The van der Waals surface area contributed by atoms with Crippen LogP contribution in [0.3, 0.4) is 0 Å². The summed E-state index contributed by atoms with van der Waals surface area (Å²) in [6.45, 7) is 4.43. The third-order valence-electron chi connectivity index (χ3n) is 4.68. The first-order valence-electron chi connectivity index (χ1n) is 7.76. The minimum absolute atomic E-state index is 0.383. The van der Waals surface area contributed by atoms with Crippen molar-refractivity contribution in [3.05, 3.63) is 23.9 Å². The molecule has 1 saturated carbocycles. The Bertz CT molecular complexity index is 438. The minimum Gasteiger partial charge on any atom is -0.481 e. The largest absolute Gasteiger partial charge is 0.481 e. The second-order valence-corrected chi connectivity index (χ2v) is 6.18. The molecule has 20 heavy (non-hydrogen) atoms. The lowest BCUT2D eigenvalue weighted by Gasteiger charge is -2.46. The number of methoxy groups -OCH3 is 1. The number of piperazine rings is 1. The molecule has 1 aliphatic heterocycles. The van der Waals surface area contributed by atoms with Crippen molar-refractivity contribution < 1.29 is 4.74 Å². The van der Waals surface area contributed by atoms with Gasteiger partial charge in [0.2, 0.25) is 5.88 Å². The highest BCUT2D eigenvalue weighted by Gasteiger charge is 2.35. The molecule has 0 atom stereocenters. The molecule has 1 spiro atoms. The van der Waals surface area contributed by atoms with E-state index in [-0.39, 0.29) is 0 Å². The van der Waals surface area contributed by atoms with E-state index in [1.54, 1.807) is 7.11 Å². The number of rotatable bonds is 3. The van der Waals surface area contributed by atoms with Crippen molar-refractivity contribution in [1.29, 1.82) is 0 Å². The maximum absolute atomic E-state index is 5.21. The van der Waals surface area contributed by atoms with E-state index in [0.29, 0.717) is 11.4 Å². The monoisotopic (exact) mass is 275 g/mol. The van der Waals surface area contributed by atoms with Crippen LogP contribution in [0.25, 0.3) is 0 Å². The molecule has 110 valence electrons. The molecule has 1 aromatic rings. The van der Waals surface area contributed by atoms with E-state index in [1.807, 2.05) is 6.20 Å². The lowest BCUT2D eigenvalue weighted by Crippen LogP contribution is -2.60. The number of nitrogens with zero attached hydrogens (tertiary/aromatic N) is 2. The van der Waals surface area contributed by atoms with Crippen LogP contribution >= 0.6 is 0 Å². The van der Waals surface area contributed by atoms with Crippen molar-refractivity contribution in [2.24, 2.45) is 0 Å². The van der Waals surface area contributed by atoms with Gasteiger partial charge in [0.05, 0.1) is 7.11 Å². The Balaban J connectivity index is 1.64. The molecule has 0 bridgehead atoms. The molecule has 2 aliphatic rings. The molecule has 0 unspecified atom stereocenters. The van der Waals surface area contributed by atoms with Gasteiger partial charge >= 0.3 is 0 Å². The molecule has 1 aliphatic carbocycles. The fourth-order valence-electron chi connectivity index (χ4n) is 3.66. The Morgan fingerprint density at radius 3 is 3.00 bits per heavy atom. The van der Waals surface area contributed by atoms with E-state index < -0.39 is 0 Å². The third-order valence-corrected chi connectivity index (χ3v) is 4.68. The van der Waals surface area contributed by atoms with Gasteiger partial charge in [-0.2, -0.15) is 0 Å². The van der Waals surface area contributed by atoms with E-state index in [0.717, 1.165) is 19.6 Å². The summed E-state index contributed by atoms with van der Waals surface area (Å²) in [4.78, 5) is 6.76. The topological polar surface area (TPSA) is 37.4 Å².